The molecule has 1 aromatic heterocycles. The van der Waals surface area contributed by atoms with Crippen molar-refractivity contribution in [3.63, 3.8) is 0 Å². The number of halogens is 1. The average molecular weight is 296 g/mol. The van der Waals surface area contributed by atoms with Crippen molar-refractivity contribution in [3.05, 3.63) is 29.7 Å². The molecule has 7 heteroatoms. The van der Waals surface area contributed by atoms with Crippen LogP contribution in [0.5, 0.6) is 0 Å². The zero-order valence-electron chi connectivity index (χ0n) is 11.1. The minimum Gasteiger partial charge on any atom is -0.389 e. The van der Waals surface area contributed by atoms with Crippen LogP contribution in [0.4, 0.5) is 4.39 Å². The van der Waals surface area contributed by atoms with Crippen LogP contribution >= 0.6 is 0 Å². The van der Waals surface area contributed by atoms with Gasteiger partial charge in [-0.05, 0) is 26.0 Å². The average Bonchev–Trinajstić information content (AvgIpc) is 2.93. The molecule has 3 rings (SSSR count). The van der Waals surface area contributed by atoms with Gasteiger partial charge in [0.1, 0.15) is 22.2 Å². The first kappa shape index (κ1) is 13.2. The molecule has 0 N–H and O–H groups in total. The van der Waals surface area contributed by atoms with E-state index in [1.165, 1.54) is 12.1 Å². The van der Waals surface area contributed by atoms with E-state index in [0.29, 0.717) is 28.1 Å². The number of rotatable bonds is 2. The first-order valence-electron chi connectivity index (χ1n) is 6.12. The van der Waals surface area contributed by atoms with Crippen LogP contribution in [0.1, 0.15) is 26.0 Å². The molecule has 1 unspecified atom stereocenters. The molecular weight excluding hydrogens is 283 g/mol. The first-order chi connectivity index (χ1) is 9.44. The molecule has 106 valence electrons. The zero-order valence-corrected chi connectivity index (χ0v) is 11.9. The van der Waals surface area contributed by atoms with E-state index in [1.807, 2.05) is 13.8 Å². The van der Waals surface area contributed by atoms with Gasteiger partial charge in [-0.2, -0.15) is 0 Å². The van der Waals surface area contributed by atoms with Crippen LogP contribution < -0.4 is 0 Å². The molecule has 0 amide bonds. The smallest absolute Gasteiger partial charge is 0.170 e. The Morgan fingerprint density at radius 3 is 2.95 bits per heavy atom. The van der Waals surface area contributed by atoms with Crippen LogP contribution in [-0.4, -0.2) is 20.0 Å². The molecule has 0 spiro atoms. The second-order valence-electron chi connectivity index (χ2n) is 5.27. The zero-order chi connectivity index (χ0) is 14.3. The predicted octanol–water partition coefficient (Wildman–Crippen LogP) is 2.73. The molecular formula is C13H13FN2O3S. The van der Waals surface area contributed by atoms with Crippen LogP contribution in [0.25, 0.3) is 11.0 Å². The fraction of sp³-hybridized carbons (Fsp3) is 0.385. The topological polar surface area (TPSA) is 64.7 Å². The van der Waals surface area contributed by atoms with Crippen LogP contribution in [0, 0.1) is 5.82 Å². The van der Waals surface area contributed by atoms with Gasteiger partial charge in [0.05, 0.1) is 16.6 Å². The molecule has 1 aromatic carbocycles. The van der Waals surface area contributed by atoms with Gasteiger partial charge >= 0.3 is 0 Å². The van der Waals surface area contributed by atoms with Gasteiger partial charge in [0, 0.05) is 17.9 Å². The van der Waals surface area contributed by atoms with Crippen molar-refractivity contribution >= 4 is 26.8 Å². The molecule has 0 aliphatic carbocycles. The summed E-state index contributed by atoms with van der Waals surface area (Å²) in [6.07, 6.45) is 0.518. The minimum atomic E-state index is -1.32. The van der Waals surface area contributed by atoms with Gasteiger partial charge in [-0.1, -0.05) is 10.3 Å². The number of nitrogens with zero attached hydrogens (tertiary/aromatic N) is 2. The lowest BCUT2D eigenvalue weighted by molar-refractivity contribution is 0.0123. The summed E-state index contributed by atoms with van der Waals surface area (Å²) in [4.78, 5) is 5.20. The van der Waals surface area contributed by atoms with Crippen molar-refractivity contribution in [2.24, 2.45) is 5.16 Å². The fourth-order valence-electron chi connectivity index (χ4n) is 2.00. The molecule has 1 atom stereocenters. The molecule has 0 radical (unpaired) electrons. The fourth-order valence-corrected chi connectivity index (χ4v) is 3.25. The second-order valence-corrected chi connectivity index (χ2v) is 6.72. The van der Waals surface area contributed by atoms with Crippen LogP contribution in [0.15, 0.2) is 27.9 Å². The van der Waals surface area contributed by atoms with E-state index in [0.717, 1.165) is 0 Å². The Hall–Kier alpha value is -1.76. The van der Waals surface area contributed by atoms with Gasteiger partial charge in [-0.15, -0.1) is 0 Å². The van der Waals surface area contributed by atoms with E-state index >= 15 is 0 Å². The highest BCUT2D eigenvalue weighted by Gasteiger charge is 2.32. The molecule has 20 heavy (non-hydrogen) atoms. The van der Waals surface area contributed by atoms with Gasteiger partial charge in [-0.3, -0.25) is 4.21 Å². The van der Waals surface area contributed by atoms with Crippen molar-refractivity contribution in [1.82, 2.24) is 5.16 Å². The SMILES string of the molecule is CC1(C)CC(S(=O)Cc2noc3cc(F)ccc23)=NO1. The van der Waals surface area contributed by atoms with Crippen molar-refractivity contribution in [2.75, 3.05) is 0 Å². The predicted molar refractivity (Wildman–Crippen MR) is 73.0 cm³/mol. The summed E-state index contributed by atoms with van der Waals surface area (Å²) >= 11 is 0. The summed E-state index contributed by atoms with van der Waals surface area (Å²) < 4.78 is 30.4. The third-order valence-electron chi connectivity index (χ3n) is 3.01. The van der Waals surface area contributed by atoms with Gasteiger partial charge in [-0.25, -0.2) is 4.39 Å². The molecule has 5 nitrogen and oxygen atoms in total. The summed E-state index contributed by atoms with van der Waals surface area (Å²) in [5.41, 5.74) is 0.465. The Kier molecular flexibility index (Phi) is 3.08. The van der Waals surface area contributed by atoms with Crippen molar-refractivity contribution in [2.45, 2.75) is 31.6 Å². The molecule has 0 bridgehead atoms. The molecule has 2 aromatic rings. The summed E-state index contributed by atoms with van der Waals surface area (Å²) in [6, 6.07) is 4.16. The monoisotopic (exact) mass is 296 g/mol. The second kappa shape index (κ2) is 4.66. The molecule has 1 aliphatic rings. The van der Waals surface area contributed by atoms with E-state index < -0.39 is 22.2 Å². The molecule has 0 saturated carbocycles. The Morgan fingerprint density at radius 2 is 2.25 bits per heavy atom. The number of hydrogen-bond donors (Lipinski definition) is 0. The number of oxime groups is 1. The van der Waals surface area contributed by atoms with E-state index in [2.05, 4.69) is 10.3 Å². The lowest BCUT2D eigenvalue weighted by atomic mass is 10.1. The summed E-state index contributed by atoms with van der Waals surface area (Å²) in [6.45, 7) is 3.77. The van der Waals surface area contributed by atoms with Gasteiger partial charge in [0.25, 0.3) is 0 Å². The van der Waals surface area contributed by atoms with E-state index in [9.17, 15) is 8.60 Å². The van der Waals surface area contributed by atoms with Crippen molar-refractivity contribution < 1.29 is 18.0 Å². The maximum Gasteiger partial charge on any atom is 0.170 e. The van der Waals surface area contributed by atoms with E-state index in [-0.39, 0.29) is 5.75 Å². The highest BCUT2D eigenvalue weighted by molar-refractivity contribution is 7.99. The minimum absolute atomic E-state index is 0.177. The summed E-state index contributed by atoms with van der Waals surface area (Å²) in [5.74, 6) is -0.215. The molecule has 0 saturated heterocycles. The Labute approximate surface area is 117 Å². The van der Waals surface area contributed by atoms with Gasteiger partial charge in [0.15, 0.2) is 5.58 Å². The Bertz CT molecular complexity index is 723. The first-order valence-corrected chi connectivity index (χ1v) is 7.44. The third-order valence-corrected chi connectivity index (χ3v) is 4.29. The third kappa shape index (κ3) is 2.45. The number of aromatic nitrogens is 1. The Morgan fingerprint density at radius 1 is 1.45 bits per heavy atom. The summed E-state index contributed by atoms with van der Waals surface area (Å²) in [7, 11) is -1.32. The summed E-state index contributed by atoms with van der Waals surface area (Å²) in [5, 5.41) is 8.89. The van der Waals surface area contributed by atoms with Gasteiger partial charge < -0.3 is 9.36 Å². The normalized spacial score (nSPS) is 18.9. The molecule has 2 heterocycles. The highest BCUT2D eigenvalue weighted by Crippen LogP contribution is 2.26. The van der Waals surface area contributed by atoms with Gasteiger partial charge in [0.2, 0.25) is 0 Å². The Balaban J connectivity index is 1.82. The lowest BCUT2D eigenvalue weighted by Crippen LogP contribution is -2.20. The lowest BCUT2D eigenvalue weighted by Gasteiger charge is -2.12. The number of benzene rings is 1. The maximum atomic E-state index is 13.1. The standard InChI is InChI=1S/C13H13FN2O3S/c1-13(2)6-12(16-19-13)20(17)7-10-9-4-3-8(14)5-11(9)18-15-10/h3-5H,6-7H2,1-2H3. The highest BCUT2D eigenvalue weighted by atomic mass is 32.2. The van der Waals surface area contributed by atoms with Crippen LogP contribution in [0.2, 0.25) is 0 Å². The maximum absolute atomic E-state index is 13.1. The molecule has 0 fully saturated rings. The molecule has 1 aliphatic heterocycles. The number of hydrogen-bond acceptors (Lipinski definition) is 5. The number of fused-ring (bicyclic) bond motifs is 1. The van der Waals surface area contributed by atoms with Crippen molar-refractivity contribution in [3.8, 4) is 0 Å². The van der Waals surface area contributed by atoms with E-state index in [4.69, 9.17) is 9.36 Å². The van der Waals surface area contributed by atoms with Crippen LogP contribution in [-0.2, 0) is 21.4 Å². The van der Waals surface area contributed by atoms with E-state index in [1.54, 1.807) is 6.07 Å². The van der Waals surface area contributed by atoms with Crippen molar-refractivity contribution in [1.29, 1.82) is 0 Å². The van der Waals surface area contributed by atoms with Crippen LogP contribution in [0.3, 0.4) is 0 Å². The largest absolute Gasteiger partial charge is 0.389 e. The quantitative estimate of drug-likeness (QED) is 0.854.